The molecule has 606 valence electrons. The summed E-state index contributed by atoms with van der Waals surface area (Å²) in [7, 11) is 1.50. The van der Waals surface area contributed by atoms with Gasteiger partial charge in [0.1, 0.15) is 83.4 Å². The number of hydrogen-bond acceptors (Lipinski definition) is 25. The predicted octanol–water partition coefficient (Wildman–Crippen LogP) is 4.73. The van der Waals surface area contributed by atoms with E-state index in [2.05, 4.69) is 42.5 Å². The number of aliphatic hydroxyl groups excluding tert-OH is 6. The van der Waals surface area contributed by atoms with Crippen LogP contribution in [0.15, 0.2) is 127 Å². The summed E-state index contributed by atoms with van der Waals surface area (Å²) in [5, 5.41) is 139. The summed E-state index contributed by atoms with van der Waals surface area (Å²) in [6.45, 7) is 5.58. The summed E-state index contributed by atoms with van der Waals surface area (Å²) in [5.74, 6) is -12.9. The van der Waals surface area contributed by atoms with E-state index in [-0.39, 0.29) is 74.7 Å². The predicted molar refractivity (Wildman–Crippen MR) is 409 cm³/mol. The molecule has 18 atom stereocenters. The van der Waals surface area contributed by atoms with Crippen molar-refractivity contribution >= 4 is 76.2 Å². The first-order valence-electron chi connectivity index (χ1n) is 36.4. The number of amides is 6. The zero-order valence-electron chi connectivity index (χ0n) is 61.7. The quantitative estimate of drug-likeness (QED) is 0.0586. The van der Waals surface area contributed by atoms with E-state index in [1.807, 2.05) is 50.2 Å². The lowest BCUT2D eigenvalue weighted by atomic mass is 9.84. The summed E-state index contributed by atoms with van der Waals surface area (Å²) >= 11 is 20.5. The zero-order chi connectivity index (χ0) is 82.0. The molecule has 0 spiro atoms. The molecule has 114 heavy (non-hydrogen) atoms. The molecule has 2 fully saturated rings. The number of ether oxygens (including phenoxy) is 6. The number of fused-ring (bicyclic) bond motifs is 15. The Morgan fingerprint density at radius 1 is 0.693 bits per heavy atom. The maximum absolute atomic E-state index is 15.5. The number of aliphatic hydroxyl groups is 6. The summed E-state index contributed by atoms with van der Waals surface area (Å²) in [6.07, 6.45) is -18.0. The number of phenols is 3. The Morgan fingerprint density at radius 2 is 1.32 bits per heavy atom. The minimum atomic E-state index is -2.20. The van der Waals surface area contributed by atoms with Crippen molar-refractivity contribution in [3.63, 3.8) is 0 Å². The third-order valence-corrected chi connectivity index (χ3v) is 21.5. The van der Waals surface area contributed by atoms with Crippen LogP contribution in [0.4, 0.5) is 0 Å². The second-order valence-corrected chi connectivity index (χ2v) is 30.5. The van der Waals surface area contributed by atoms with Gasteiger partial charge in [0.25, 0.3) is 0 Å². The van der Waals surface area contributed by atoms with Crippen LogP contribution in [0.25, 0.3) is 22.3 Å². The van der Waals surface area contributed by atoms with Crippen molar-refractivity contribution < 1.29 is 113 Å². The van der Waals surface area contributed by atoms with E-state index in [4.69, 9.17) is 69.0 Å². The highest BCUT2D eigenvalue weighted by Crippen LogP contribution is 2.50. The first kappa shape index (κ1) is 83.4. The van der Waals surface area contributed by atoms with Gasteiger partial charge in [-0.1, -0.05) is 103 Å². The molecule has 2 saturated heterocycles. The Balaban J connectivity index is 1.03. The Morgan fingerprint density at radius 3 is 1.93 bits per heavy atom. The van der Waals surface area contributed by atoms with Gasteiger partial charge in [-0.15, -0.1) is 0 Å². The number of carbonyl (C=O) groups is 7. The Kier molecular flexibility index (Phi) is 25.6. The number of aliphatic carboxylic acids is 1. The highest BCUT2D eigenvalue weighted by Gasteiger charge is 2.52. The molecule has 20 N–H and O–H groups in total. The van der Waals surface area contributed by atoms with Crippen molar-refractivity contribution in [3.05, 3.63) is 176 Å². The number of nitrogens with one attached hydrogen (secondary N) is 8. The van der Waals surface area contributed by atoms with E-state index in [1.54, 1.807) is 26.0 Å². The number of halogens is 3. The molecule has 7 heterocycles. The number of likely N-dealkylation sites (N-methyl/N-ethyl adjacent to an activating group) is 1. The van der Waals surface area contributed by atoms with Crippen LogP contribution in [0.3, 0.4) is 0 Å². The lowest BCUT2D eigenvalue weighted by molar-refractivity contribution is -0.334. The average Bonchev–Trinajstić information content (AvgIpc) is 0.769. The lowest BCUT2D eigenvalue weighted by Gasteiger charge is -2.48. The van der Waals surface area contributed by atoms with Gasteiger partial charge in [-0.25, -0.2) is 4.79 Å². The molecule has 7 aliphatic rings. The molecule has 3 unspecified atom stereocenters. The number of primary amides is 1. The maximum atomic E-state index is 15.5. The topological polar surface area (TPSA) is 499 Å². The van der Waals surface area contributed by atoms with Gasteiger partial charge in [-0.05, 0) is 139 Å². The van der Waals surface area contributed by atoms with E-state index in [9.17, 15) is 75.0 Å². The van der Waals surface area contributed by atoms with Crippen LogP contribution < -0.4 is 62.5 Å². The molecular weight excluding hydrogens is 1550 g/mol. The van der Waals surface area contributed by atoms with Crippen LogP contribution in [-0.4, -0.2) is 192 Å². The number of carboxylic acids is 1. The van der Waals surface area contributed by atoms with Crippen LogP contribution in [0.5, 0.6) is 46.0 Å². The first-order chi connectivity index (χ1) is 54.2. The fraction of sp³-hybridized carbons (Fsp3) is 0.380. The van der Waals surface area contributed by atoms with E-state index in [1.165, 1.54) is 61.6 Å². The molecule has 0 saturated carbocycles. The normalized spacial score (nSPS) is 27.4. The zero-order valence-corrected chi connectivity index (χ0v) is 64.0. The molecule has 6 amide bonds. The molecule has 7 aromatic rings. The lowest BCUT2D eigenvalue weighted by Crippen LogP contribution is -2.65. The molecule has 0 aliphatic carbocycles. The highest BCUT2D eigenvalue weighted by molar-refractivity contribution is 6.32. The van der Waals surface area contributed by atoms with Crippen molar-refractivity contribution in [1.82, 2.24) is 42.5 Å². The smallest absolute Gasteiger partial charge is 0.330 e. The van der Waals surface area contributed by atoms with E-state index >= 15 is 9.59 Å². The minimum absolute atomic E-state index is 0.0765. The third-order valence-electron chi connectivity index (χ3n) is 20.6. The van der Waals surface area contributed by atoms with E-state index < -0.39 is 216 Å². The number of carboxylic acid groups (broad SMARTS) is 1. The third kappa shape index (κ3) is 18.2. The monoisotopic (exact) mass is 1630 g/mol. The second-order valence-electron chi connectivity index (χ2n) is 29.2. The Labute approximate surface area is 667 Å². The van der Waals surface area contributed by atoms with E-state index in [0.29, 0.717) is 5.02 Å². The standard InChI is InChI=1S/C79H86Cl3N9O23/c1-33(2)20-48(84-5)72(102)90-63-65(97)39-13-18-53(46(81)22-39)110-55-24-41-25-56(69(55)114-78-70(68(100)67(99)57(32-92)112-78)113-59-29-79(4,71(101)34(3)109-59)86-30-35-6-8-36(9-7-35)37-10-15-42(80)16-11-37)111-54-19-14-40(23-47(54)82)66(98)64-76(106)89-62(77(107)108)45-26-43(93)27-52(95)60(45)44-21-38(12-17-51(44)94)61(74(104)91-64)85-31-50(41)88-73(103)49(28-58(83)96)87-75(63)105/h6-19,21-27,33-34,48-50,57,59,61-68,70-71,78,84-86,92-95,97-101H,20,28-32H2,1-5H3,(H2,83,96)(H,87,105)(H,88,103)(H,89,106)(H,90,102)(H,91,104)(H,107,108)/t34-,48+,49-,50-,57?,59-,61+,62-,63+,64-,65+,66+,67?,68-,70+,71+,78-,79?/m0/s1. The van der Waals surface area contributed by atoms with Crippen LogP contribution >= 0.6 is 34.8 Å². The van der Waals surface area contributed by atoms with Gasteiger partial charge in [0, 0.05) is 52.8 Å². The van der Waals surface area contributed by atoms with Gasteiger partial charge in [-0.3, -0.25) is 34.1 Å². The Bertz CT molecular complexity index is 4800. The molecule has 0 radical (unpaired) electrons. The number of rotatable bonds is 17. The number of carbonyl (C=O) groups excluding carboxylic acids is 6. The molecule has 7 aromatic carbocycles. The molecular formula is C79H86Cl3N9O23. The summed E-state index contributed by atoms with van der Waals surface area (Å²) < 4.78 is 39.8. The van der Waals surface area contributed by atoms with E-state index in [0.717, 1.165) is 41.0 Å². The molecule has 35 heteroatoms. The molecule has 11 bridgehead atoms. The highest BCUT2D eigenvalue weighted by atomic mass is 35.5. The van der Waals surface area contributed by atoms with Crippen molar-refractivity contribution in [2.45, 2.75) is 163 Å². The molecule has 14 rings (SSSR count). The van der Waals surface area contributed by atoms with Crippen molar-refractivity contribution in [2.24, 2.45) is 11.7 Å². The van der Waals surface area contributed by atoms with Crippen LogP contribution in [0, 0.1) is 5.92 Å². The van der Waals surface area contributed by atoms with Gasteiger partial charge >= 0.3 is 5.97 Å². The number of phenolic OH excluding ortho intramolecular Hbond substituents is 3. The fourth-order valence-corrected chi connectivity index (χ4v) is 15.1. The molecule has 32 nitrogen and oxygen atoms in total. The van der Waals surface area contributed by atoms with Crippen LogP contribution in [-0.2, 0) is 54.3 Å². The largest absolute Gasteiger partial charge is 0.508 e. The fourth-order valence-electron chi connectivity index (χ4n) is 14.5. The SMILES string of the molecule is CN[C@H](CC(C)C)C(=O)N[C@H]1C(=O)N[C@@H](CC(N)=O)C(=O)N[C@H]2CN[C@H]3C(=O)N[C@H](C(=O)N[C@H](C(=O)O)c4cc(O)cc(O)c4-c4cc3ccc4O)[C@H](O)c3ccc(c(Cl)c3)Oc3cc2cc(c3O[C@@H]2OC(CO)C(O)[C@H](O)[C@H]2O[C@H]2CC(C)(NCc3ccc(-c4ccc(Cl)cc4)cc3)[C@H](O)[C@H](C)O2)Oc2ccc(cc2Cl)[C@H]1O. The van der Waals surface area contributed by atoms with Gasteiger partial charge < -0.3 is 122 Å². The number of benzene rings is 7. The average molecular weight is 1640 g/mol. The van der Waals surface area contributed by atoms with Crippen LogP contribution in [0.1, 0.15) is 111 Å². The number of hydrogen-bond donors (Lipinski definition) is 19. The van der Waals surface area contributed by atoms with Gasteiger partial charge in [0.15, 0.2) is 29.9 Å². The molecule has 7 aliphatic heterocycles. The summed E-state index contributed by atoms with van der Waals surface area (Å²) in [5.41, 5.74) is 5.40. The van der Waals surface area contributed by atoms with Gasteiger partial charge in [0.2, 0.25) is 47.5 Å². The van der Waals surface area contributed by atoms with Crippen molar-refractivity contribution in [1.29, 1.82) is 0 Å². The molecule has 0 aromatic heterocycles. The van der Waals surface area contributed by atoms with Gasteiger partial charge in [-0.2, -0.15) is 0 Å². The minimum Gasteiger partial charge on any atom is -0.508 e. The van der Waals surface area contributed by atoms with Crippen molar-refractivity contribution in [2.75, 3.05) is 20.2 Å². The maximum Gasteiger partial charge on any atom is 0.330 e. The second kappa shape index (κ2) is 35.0. The van der Waals surface area contributed by atoms with Gasteiger partial charge in [0.05, 0.1) is 47.4 Å². The number of nitrogens with two attached hydrogens (primary N) is 1. The van der Waals surface area contributed by atoms with Crippen molar-refractivity contribution in [3.8, 4) is 68.2 Å². The van der Waals surface area contributed by atoms with Crippen LogP contribution in [0.2, 0.25) is 15.1 Å². The summed E-state index contributed by atoms with van der Waals surface area (Å²) in [4.78, 5) is 102. The summed E-state index contributed by atoms with van der Waals surface area (Å²) in [6, 6.07) is 17.2. The number of aromatic hydroxyl groups is 3. The Hall–Kier alpha value is -9.98. The first-order valence-corrected chi connectivity index (χ1v) is 37.5.